The van der Waals surface area contributed by atoms with Gasteiger partial charge in [-0.3, -0.25) is 14.4 Å². The number of Topliss-reactive ketones (excluding diaryl/α,β-unsaturated/α-hetero) is 1. The van der Waals surface area contributed by atoms with E-state index >= 15 is 0 Å². The highest BCUT2D eigenvalue weighted by atomic mass is 16.8. The van der Waals surface area contributed by atoms with Crippen molar-refractivity contribution >= 4 is 17.6 Å². The van der Waals surface area contributed by atoms with Crippen LogP contribution in [0.2, 0.25) is 0 Å². The van der Waals surface area contributed by atoms with E-state index < -0.39 is 220 Å². The van der Waals surface area contributed by atoms with Gasteiger partial charge in [-0.2, -0.15) is 0 Å². The molecule has 0 aromatic rings. The number of hydrogen-bond acceptors (Lipinski definition) is 29. The minimum absolute atomic E-state index is 0.0209. The first-order chi connectivity index (χ1) is 44.0. The molecule has 0 bridgehead atoms. The summed E-state index contributed by atoms with van der Waals surface area (Å²) in [4.78, 5) is 38.7. The molecule has 0 radical (unpaired) electrons. The third-order valence-corrected chi connectivity index (χ3v) is 22.3. The van der Waals surface area contributed by atoms with Crippen LogP contribution in [0, 0.1) is 34.0 Å². The molecule has 0 aromatic carbocycles. The van der Waals surface area contributed by atoms with Crippen molar-refractivity contribution in [3.8, 4) is 0 Å². The van der Waals surface area contributed by atoms with E-state index in [1.165, 1.54) is 0 Å². The Morgan fingerprint density at radius 2 is 1.15 bits per heavy atom. The van der Waals surface area contributed by atoms with E-state index in [4.69, 9.17) is 52.1 Å². The van der Waals surface area contributed by atoms with Crippen LogP contribution in [0.4, 0.5) is 0 Å². The molecule has 8 fully saturated rings. The van der Waals surface area contributed by atoms with Gasteiger partial charge in [0, 0.05) is 39.2 Å². The van der Waals surface area contributed by atoms with Crippen molar-refractivity contribution in [2.45, 2.75) is 291 Å². The van der Waals surface area contributed by atoms with Crippen LogP contribution in [0.15, 0.2) is 11.1 Å². The van der Waals surface area contributed by atoms with Crippen LogP contribution in [0.5, 0.6) is 0 Å². The summed E-state index contributed by atoms with van der Waals surface area (Å²) in [5.74, 6) is -1.64. The highest BCUT2D eigenvalue weighted by molar-refractivity contribution is 5.79. The molecule has 17 N–H and O–H groups in total. The van der Waals surface area contributed by atoms with Gasteiger partial charge in [0.2, 0.25) is 11.8 Å². The molecule has 5 aliphatic heterocycles. The lowest BCUT2D eigenvalue weighted by Crippen LogP contribution is -2.69. The first kappa shape index (κ1) is 75.5. The molecule has 3 saturated carbocycles. The van der Waals surface area contributed by atoms with E-state index in [-0.39, 0.29) is 41.5 Å². The van der Waals surface area contributed by atoms with Gasteiger partial charge >= 0.3 is 0 Å². The highest BCUT2D eigenvalue weighted by Gasteiger charge is 2.68. The minimum atomic E-state index is -2.01. The summed E-state index contributed by atoms with van der Waals surface area (Å²) in [6.45, 7) is 12.1. The largest absolute Gasteiger partial charge is 0.394 e. The fourth-order valence-corrected chi connectivity index (χ4v) is 17.3. The molecule has 31 nitrogen and oxygen atoms in total. The van der Waals surface area contributed by atoms with Crippen LogP contribution in [-0.4, -0.2) is 305 Å². The van der Waals surface area contributed by atoms with Crippen LogP contribution < -0.4 is 10.6 Å². The molecule has 94 heavy (non-hydrogen) atoms. The number of aliphatic hydroxyl groups is 15. The van der Waals surface area contributed by atoms with E-state index in [1.807, 2.05) is 13.8 Å². The molecule has 9 rings (SSSR count). The number of carbonyl (C=O) groups excluding carboxylic acids is 3. The molecule has 4 aliphatic carbocycles. The maximum atomic E-state index is 13.6. The average Bonchev–Trinajstić information content (AvgIpc) is 1.20. The smallest absolute Gasteiger partial charge is 0.217 e. The van der Waals surface area contributed by atoms with Gasteiger partial charge in [0.1, 0.15) is 122 Å². The van der Waals surface area contributed by atoms with Gasteiger partial charge in [-0.05, 0) is 98.5 Å². The van der Waals surface area contributed by atoms with Crippen molar-refractivity contribution in [1.29, 1.82) is 0 Å². The number of rotatable bonds is 22. The molecule has 5 heterocycles. The van der Waals surface area contributed by atoms with E-state index in [1.54, 1.807) is 21.0 Å². The molecule has 0 unspecified atom stereocenters. The Balaban J connectivity index is 1.00. The van der Waals surface area contributed by atoms with Gasteiger partial charge in [0.25, 0.3) is 0 Å². The molecular formula is C63H104N2O29. The van der Waals surface area contributed by atoms with Crippen molar-refractivity contribution in [3.63, 3.8) is 0 Å². The lowest BCUT2D eigenvalue weighted by Gasteiger charge is -2.65. The molecule has 2 amide bonds. The molecule has 32 atom stereocenters. The lowest BCUT2D eigenvalue weighted by atomic mass is 9.42. The second-order valence-corrected chi connectivity index (χ2v) is 29.4. The van der Waals surface area contributed by atoms with Gasteiger partial charge in [0.15, 0.2) is 31.5 Å². The zero-order chi connectivity index (χ0) is 69.2. The maximum Gasteiger partial charge on any atom is 0.217 e. The Morgan fingerprint density at radius 3 is 1.72 bits per heavy atom. The fraction of sp³-hybridized carbons (Fsp3) is 0.921. The minimum Gasteiger partial charge on any atom is -0.394 e. The van der Waals surface area contributed by atoms with E-state index in [0.717, 1.165) is 25.0 Å². The summed E-state index contributed by atoms with van der Waals surface area (Å²) in [5.41, 5.74) is -2.29. The third kappa shape index (κ3) is 14.5. The monoisotopic (exact) mass is 1350 g/mol. The molecule has 5 saturated heterocycles. The summed E-state index contributed by atoms with van der Waals surface area (Å²) >= 11 is 0. The van der Waals surface area contributed by atoms with Crippen LogP contribution in [0.1, 0.15) is 120 Å². The number of nitrogens with one attached hydrogen (secondary N) is 2. The molecule has 31 heteroatoms. The maximum absolute atomic E-state index is 13.6. The predicted octanol–water partition coefficient (Wildman–Crippen LogP) is -4.75. The third-order valence-electron chi connectivity index (χ3n) is 22.3. The summed E-state index contributed by atoms with van der Waals surface area (Å²) in [6.07, 6.45) is -36.3. The summed E-state index contributed by atoms with van der Waals surface area (Å²) < 4.78 is 68.0. The summed E-state index contributed by atoms with van der Waals surface area (Å²) in [7, 11) is 1.67. The second kappa shape index (κ2) is 29.5. The van der Waals surface area contributed by atoms with Gasteiger partial charge in [-0.1, -0.05) is 34.6 Å². The number of fused-ring (bicyclic) bond motifs is 4. The summed E-state index contributed by atoms with van der Waals surface area (Å²) in [5, 5.41) is 172. The SMILES string of the molecule is CO[C@@H]1C[C@H]([C@H](C)CC(=O)CC(C)(C)O)[C@@]2(C)CC[C@@]3(O)C(=C12)CC[C@H]1C(C)(C)[C@@H](O[C@@H]2OC[C@@H](O[C@@H]4O[C@H](CO)[C@H](O)[C@H](O)[C@H]4NC(C)=O)[C@H](O)[C@H]2O[C@@H]2O[C@H](CO[C@@H]4O[C@H](CO)[C@H](O)[C@H](O)[C@@H]4O[C@@H]4O[C@H](CO)[C@H](O)[C@H](O)[C@H]4O)[C@@H](O)[C@H](O)[C@H]2NC(C)=O)CC[C@@]13C. The average molecular weight is 1350 g/mol. The van der Waals surface area contributed by atoms with E-state index in [2.05, 4.69) is 31.4 Å². The topological polar surface area (TPSA) is 480 Å². The van der Waals surface area contributed by atoms with Crippen LogP contribution >= 0.6 is 0 Å². The Kier molecular flexibility index (Phi) is 23.7. The number of amides is 2. The quantitative estimate of drug-likeness (QED) is 0.0357. The van der Waals surface area contributed by atoms with E-state index in [0.29, 0.717) is 51.4 Å². The molecular weight excluding hydrogens is 1250 g/mol. The zero-order valence-corrected chi connectivity index (χ0v) is 55.1. The molecule has 0 aromatic heterocycles. The molecule has 540 valence electrons. The van der Waals surface area contributed by atoms with Crippen LogP contribution in [0.25, 0.3) is 0 Å². The number of methoxy groups -OCH3 is 1. The number of aliphatic hydroxyl groups excluding tert-OH is 13. The van der Waals surface area contributed by atoms with Crippen molar-refractivity contribution < 1.29 is 143 Å². The Labute approximate surface area is 545 Å². The first-order valence-electron chi connectivity index (χ1n) is 32.9. The lowest BCUT2D eigenvalue weighted by molar-refractivity contribution is -0.380. The highest BCUT2D eigenvalue weighted by Crippen LogP contribution is 2.70. The number of hydrogen-bond donors (Lipinski definition) is 17. The Morgan fingerprint density at radius 1 is 0.628 bits per heavy atom. The molecule has 0 spiro atoms. The van der Waals surface area contributed by atoms with Crippen LogP contribution in [-0.2, 0) is 66.5 Å². The normalized spacial score (nSPS) is 47.6. The fourth-order valence-electron chi connectivity index (χ4n) is 17.3. The van der Waals surface area contributed by atoms with E-state index in [9.17, 15) is 91.0 Å². The first-order valence-corrected chi connectivity index (χ1v) is 32.9. The van der Waals surface area contributed by atoms with Gasteiger partial charge in [-0.15, -0.1) is 0 Å². The second-order valence-electron chi connectivity index (χ2n) is 29.4. The number of ketones is 1. The number of ether oxygens (including phenoxy) is 11. The zero-order valence-electron chi connectivity index (χ0n) is 55.1. The predicted molar refractivity (Wildman–Crippen MR) is 318 cm³/mol. The van der Waals surface area contributed by atoms with Crippen molar-refractivity contribution in [3.05, 3.63) is 11.1 Å². The van der Waals surface area contributed by atoms with Crippen LogP contribution in [0.3, 0.4) is 0 Å². The Bertz CT molecular complexity index is 2630. The van der Waals surface area contributed by atoms with Crippen molar-refractivity contribution in [1.82, 2.24) is 10.6 Å². The van der Waals surface area contributed by atoms with Gasteiger partial charge in [-0.25, -0.2) is 0 Å². The standard InChI is InChI=1S/C63H104N2O29/c1-25(17-28(71)19-59(4,5)82)30-18-31(84-10)39-29-11-12-37-60(6,7)38(13-14-62(37,9)63(29,83)16-15-61(30,39)8)92-58-52(46(76)36(24-86-58)91-54-40(64-26(2)69)47(77)42(72)32(20-66)87-54)93-55-41(65-27(3)70)48(78)45(75)35(90-55)23-85-57-53(50(80)44(74)34(22-68)89-57)94-56-51(81)49(79)43(73)33(21-67)88-56/h25,30-38,40-58,66-68,72-83H,11-24H2,1-10H3,(H,64,69)(H,65,70)/t25-,30-,31-,32-,33-,34-,35-,36-,37+,38+,40-,41-,42+,43+,44+,45-,46+,47-,48-,49+,50+,51-,52-,53+,54+,55+,56+,57-,58+,61-,62+,63-/m1/s1. The van der Waals surface area contributed by atoms with Crippen molar-refractivity contribution in [2.24, 2.45) is 34.0 Å². The van der Waals surface area contributed by atoms with Gasteiger partial charge in [0.05, 0.1) is 56.4 Å². The van der Waals surface area contributed by atoms with Gasteiger partial charge < -0.3 is 139 Å². The van der Waals surface area contributed by atoms with Crippen molar-refractivity contribution in [2.75, 3.05) is 40.1 Å². The Hall–Kier alpha value is -2.69. The number of carbonyl (C=O) groups is 3. The summed E-state index contributed by atoms with van der Waals surface area (Å²) in [6, 6.07) is -3.15. The molecule has 9 aliphatic rings.